The second-order valence-electron chi connectivity index (χ2n) is 6.84. The summed E-state index contributed by atoms with van der Waals surface area (Å²) in [7, 11) is 0. The van der Waals surface area contributed by atoms with E-state index in [1.54, 1.807) is 0 Å². The maximum Gasteiger partial charge on any atom is 0.220 e. The van der Waals surface area contributed by atoms with Crippen LogP contribution < -0.4 is 10.1 Å². The Balaban J connectivity index is 1.38. The van der Waals surface area contributed by atoms with Crippen LogP contribution in [-0.4, -0.2) is 43.7 Å². The van der Waals surface area contributed by atoms with Gasteiger partial charge in [0.2, 0.25) is 5.91 Å². The fraction of sp³-hybridized carbons (Fsp3) is 0.409. The van der Waals surface area contributed by atoms with Gasteiger partial charge in [-0.1, -0.05) is 40.2 Å². The maximum atomic E-state index is 12.2. The third kappa shape index (κ3) is 6.93. The molecule has 1 saturated heterocycles. The van der Waals surface area contributed by atoms with Crippen molar-refractivity contribution in [3.05, 3.63) is 64.1 Å². The molecule has 28 heavy (non-hydrogen) atoms. The molecule has 1 heterocycles. The van der Waals surface area contributed by atoms with Crippen LogP contribution in [0, 0.1) is 0 Å². The van der Waals surface area contributed by atoms with Gasteiger partial charge in [0.05, 0.1) is 19.8 Å². The van der Waals surface area contributed by atoms with E-state index in [1.807, 2.05) is 30.3 Å². The lowest BCUT2D eigenvalue weighted by atomic mass is 10.1. The Morgan fingerprint density at radius 2 is 1.79 bits per heavy atom. The fourth-order valence-corrected chi connectivity index (χ4v) is 3.38. The highest BCUT2D eigenvalue weighted by Gasteiger charge is 2.13. The minimum Gasteiger partial charge on any atom is -0.494 e. The molecular weight excluding hydrogens is 420 g/mol. The molecule has 1 amide bonds. The quantitative estimate of drug-likeness (QED) is 0.595. The first-order valence-electron chi connectivity index (χ1n) is 9.72. The number of nitrogens with one attached hydrogen (secondary N) is 1. The molecule has 5 nitrogen and oxygen atoms in total. The van der Waals surface area contributed by atoms with Crippen LogP contribution in [-0.2, 0) is 22.6 Å². The molecule has 0 spiro atoms. The van der Waals surface area contributed by atoms with Crippen LogP contribution in [0.3, 0.4) is 0 Å². The van der Waals surface area contributed by atoms with E-state index in [-0.39, 0.29) is 5.91 Å². The Bertz CT molecular complexity index is 746. The zero-order valence-corrected chi connectivity index (χ0v) is 17.6. The molecule has 1 aliphatic rings. The van der Waals surface area contributed by atoms with Crippen LogP contribution in [0.2, 0.25) is 0 Å². The lowest BCUT2D eigenvalue weighted by Crippen LogP contribution is -2.36. The molecule has 6 heteroatoms. The van der Waals surface area contributed by atoms with Gasteiger partial charge in [0, 0.05) is 37.1 Å². The number of rotatable bonds is 9. The van der Waals surface area contributed by atoms with Gasteiger partial charge in [-0.05, 0) is 41.8 Å². The largest absolute Gasteiger partial charge is 0.494 e. The predicted molar refractivity (Wildman–Crippen MR) is 113 cm³/mol. The molecule has 1 fully saturated rings. The lowest BCUT2D eigenvalue weighted by molar-refractivity contribution is -0.121. The number of amides is 1. The van der Waals surface area contributed by atoms with Gasteiger partial charge in [-0.3, -0.25) is 9.69 Å². The molecule has 0 atom stereocenters. The summed E-state index contributed by atoms with van der Waals surface area (Å²) in [5.74, 6) is 0.876. The number of hydrogen-bond acceptors (Lipinski definition) is 4. The van der Waals surface area contributed by atoms with Crippen molar-refractivity contribution in [3.8, 4) is 5.75 Å². The number of carbonyl (C=O) groups excluding carboxylic acids is 1. The highest BCUT2D eigenvalue weighted by atomic mass is 79.9. The molecule has 2 aromatic rings. The van der Waals surface area contributed by atoms with Crippen molar-refractivity contribution in [2.24, 2.45) is 0 Å². The summed E-state index contributed by atoms with van der Waals surface area (Å²) < 4.78 is 12.1. The summed E-state index contributed by atoms with van der Waals surface area (Å²) in [6.07, 6.45) is 1.15. The second kappa shape index (κ2) is 11.2. The number of morpholine rings is 1. The molecule has 150 valence electrons. The molecule has 3 rings (SSSR count). The van der Waals surface area contributed by atoms with E-state index in [1.165, 1.54) is 11.1 Å². The number of carbonyl (C=O) groups is 1. The van der Waals surface area contributed by atoms with E-state index in [9.17, 15) is 4.79 Å². The Morgan fingerprint density at radius 3 is 2.54 bits per heavy atom. The molecule has 0 bridgehead atoms. The SMILES string of the molecule is O=C(CCCOc1ccc(Br)cc1)NCc1ccccc1CN1CCOCC1. The first-order chi connectivity index (χ1) is 13.7. The summed E-state index contributed by atoms with van der Waals surface area (Å²) in [5.41, 5.74) is 2.44. The zero-order valence-electron chi connectivity index (χ0n) is 16.0. The summed E-state index contributed by atoms with van der Waals surface area (Å²) in [6.45, 7) is 5.49. The fourth-order valence-electron chi connectivity index (χ4n) is 3.12. The maximum absolute atomic E-state index is 12.2. The Hall–Kier alpha value is -1.89. The molecule has 1 aliphatic heterocycles. The van der Waals surface area contributed by atoms with Gasteiger partial charge < -0.3 is 14.8 Å². The van der Waals surface area contributed by atoms with Gasteiger partial charge in [0.1, 0.15) is 5.75 Å². The first kappa shape index (κ1) is 20.8. The van der Waals surface area contributed by atoms with E-state index in [2.05, 4.69) is 44.3 Å². The van der Waals surface area contributed by atoms with Gasteiger partial charge in [0.15, 0.2) is 0 Å². The molecule has 0 unspecified atom stereocenters. The number of hydrogen-bond donors (Lipinski definition) is 1. The number of benzene rings is 2. The Kier molecular flexibility index (Phi) is 8.33. The van der Waals surface area contributed by atoms with Gasteiger partial charge in [-0.2, -0.15) is 0 Å². The molecular formula is C22H27BrN2O3. The second-order valence-corrected chi connectivity index (χ2v) is 7.76. The van der Waals surface area contributed by atoms with Crippen LogP contribution in [0.25, 0.3) is 0 Å². The van der Waals surface area contributed by atoms with Gasteiger partial charge in [-0.15, -0.1) is 0 Å². The summed E-state index contributed by atoms with van der Waals surface area (Å²) in [4.78, 5) is 14.6. The first-order valence-corrected chi connectivity index (χ1v) is 10.5. The standard InChI is InChI=1S/C22H27BrN2O3/c23-20-7-9-21(10-8-20)28-13-3-6-22(26)24-16-18-4-1-2-5-19(18)17-25-11-14-27-15-12-25/h1-2,4-5,7-10H,3,6,11-17H2,(H,24,26). The topological polar surface area (TPSA) is 50.8 Å². The van der Waals surface area contributed by atoms with E-state index in [4.69, 9.17) is 9.47 Å². The minimum absolute atomic E-state index is 0.0561. The van der Waals surface area contributed by atoms with E-state index < -0.39 is 0 Å². The van der Waals surface area contributed by atoms with Crippen molar-refractivity contribution in [3.63, 3.8) is 0 Å². The smallest absolute Gasteiger partial charge is 0.220 e. The normalized spacial score (nSPS) is 14.6. The summed E-state index contributed by atoms with van der Waals surface area (Å²) in [6, 6.07) is 16.0. The Labute approximate surface area is 175 Å². The van der Waals surface area contributed by atoms with E-state index in [0.717, 1.165) is 43.1 Å². The van der Waals surface area contributed by atoms with Crippen molar-refractivity contribution in [1.82, 2.24) is 10.2 Å². The van der Waals surface area contributed by atoms with Crippen LogP contribution >= 0.6 is 15.9 Å². The predicted octanol–water partition coefficient (Wildman–Crippen LogP) is 3.76. The minimum atomic E-state index is 0.0561. The highest BCUT2D eigenvalue weighted by molar-refractivity contribution is 9.10. The third-order valence-corrected chi connectivity index (χ3v) is 5.25. The van der Waals surface area contributed by atoms with Crippen LogP contribution in [0.4, 0.5) is 0 Å². The van der Waals surface area contributed by atoms with Crippen molar-refractivity contribution in [1.29, 1.82) is 0 Å². The van der Waals surface area contributed by atoms with Crippen molar-refractivity contribution >= 4 is 21.8 Å². The van der Waals surface area contributed by atoms with Crippen molar-refractivity contribution in [2.45, 2.75) is 25.9 Å². The molecule has 0 saturated carbocycles. The molecule has 0 radical (unpaired) electrons. The average Bonchev–Trinajstić information content (AvgIpc) is 2.73. The number of ether oxygens (including phenoxy) is 2. The van der Waals surface area contributed by atoms with Crippen molar-refractivity contribution < 1.29 is 14.3 Å². The molecule has 0 aliphatic carbocycles. The summed E-state index contributed by atoms with van der Waals surface area (Å²) >= 11 is 3.40. The van der Waals surface area contributed by atoms with Crippen LogP contribution in [0.5, 0.6) is 5.75 Å². The highest BCUT2D eigenvalue weighted by Crippen LogP contribution is 2.16. The van der Waals surface area contributed by atoms with Crippen LogP contribution in [0.1, 0.15) is 24.0 Å². The molecule has 0 aromatic heterocycles. The molecule has 2 aromatic carbocycles. The van der Waals surface area contributed by atoms with Gasteiger partial charge in [-0.25, -0.2) is 0 Å². The number of halogens is 1. The van der Waals surface area contributed by atoms with E-state index >= 15 is 0 Å². The van der Waals surface area contributed by atoms with Crippen molar-refractivity contribution in [2.75, 3.05) is 32.9 Å². The monoisotopic (exact) mass is 446 g/mol. The van der Waals surface area contributed by atoms with E-state index in [0.29, 0.717) is 26.0 Å². The van der Waals surface area contributed by atoms with Gasteiger partial charge in [0.25, 0.3) is 0 Å². The average molecular weight is 447 g/mol. The lowest BCUT2D eigenvalue weighted by Gasteiger charge is -2.27. The number of nitrogens with zero attached hydrogens (tertiary/aromatic N) is 1. The summed E-state index contributed by atoms with van der Waals surface area (Å²) in [5, 5.41) is 3.04. The third-order valence-electron chi connectivity index (χ3n) is 4.72. The van der Waals surface area contributed by atoms with Crippen LogP contribution in [0.15, 0.2) is 53.0 Å². The Morgan fingerprint density at radius 1 is 1.07 bits per heavy atom. The zero-order chi connectivity index (χ0) is 19.6. The molecule has 1 N–H and O–H groups in total. The van der Waals surface area contributed by atoms with Gasteiger partial charge >= 0.3 is 0 Å².